The molecular formula is C15H17N3O. The fourth-order valence-electron chi connectivity index (χ4n) is 1.81. The van der Waals surface area contributed by atoms with Gasteiger partial charge < -0.3 is 11.1 Å². The summed E-state index contributed by atoms with van der Waals surface area (Å²) < 4.78 is 0. The van der Waals surface area contributed by atoms with E-state index in [1.807, 2.05) is 37.3 Å². The Kier molecular flexibility index (Phi) is 4.13. The Hall–Kier alpha value is -2.36. The van der Waals surface area contributed by atoms with Crippen LogP contribution in [0.5, 0.6) is 0 Å². The van der Waals surface area contributed by atoms with Gasteiger partial charge in [0.05, 0.1) is 11.9 Å². The fraction of sp³-hybridized carbons (Fsp3) is 0.200. The molecule has 0 saturated heterocycles. The average molecular weight is 255 g/mol. The summed E-state index contributed by atoms with van der Waals surface area (Å²) in [7, 11) is 0. The summed E-state index contributed by atoms with van der Waals surface area (Å²) in [6.07, 6.45) is 4.47. The van der Waals surface area contributed by atoms with Crippen LogP contribution >= 0.6 is 0 Å². The number of pyridine rings is 1. The van der Waals surface area contributed by atoms with E-state index in [1.54, 1.807) is 12.4 Å². The Balaban J connectivity index is 1.90. The maximum atomic E-state index is 11.9. The van der Waals surface area contributed by atoms with Crippen LogP contribution in [0.2, 0.25) is 0 Å². The second-order valence-corrected chi connectivity index (χ2v) is 4.48. The lowest BCUT2D eigenvalue weighted by molar-refractivity contribution is -0.116. The van der Waals surface area contributed by atoms with Gasteiger partial charge in [-0.25, -0.2) is 0 Å². The molecule has 0 aliphatic rings. The van der Waals surface area contributed by atoms with Crippen LogP contribution in [0.3, 0.4) is 0 Å². The van der Waals surface area contributed by atoms with Crippen molar-refractivity contribution in [3.8, 4) is 0 Å². The van der Waals surface area contributed by atoms with Gasteiger partial charge in [-0.05, 0) is 42.7 Å². The quantitative estimate of drug-likeness (QED) is 0.825. The van der Waals surface area contributed by atoms with Gasteiger partial charge in [-0.1, -0.05) is 12.1 Å². The summed E-state index contributed by atoms with van der Waals surface area (Å²) in [5.41, 5.74) is 9.26. The topological polar surface area (TPSA) is 68.0 Å². The van der Waals surface area contributed by atoms with Crippen LogP contribution in [-0.2, 0) is 11.2 Å². The van der Waals surface area contributed by atoms with E-state index in [1.165, 1.54) is 0 Å². The predicted molar refractivity (Wildman–Crippen MR) is 76.8 cm³/mol. The number of nitrogens with two attached hydrogens (primary N) is 1. The number of nitrogen functional groups attached to an aromatic ring is 1. The van der Waals surface area contributed by atoms with Crippen LogP contribution in [0.25, 0.3) is 0 Å². The molecule has 1 heterocycles. The minimum absolute atomic E-state index is 0.0153. The predicted octanol–water partition coefficient (Wildman–Crippen LogP) is 2.54. The monoisotopic (exact) mass is 255 g/mol. The van der Waals surface area contributed by atoms with E-state index in [9.17, 15) is 4.79 Å². The minimum atomic E-state index is -0.0153. The molecule has 2 rings (SSSR count). The summed E-state index contributed by atoms with van der Waals surface area (Å²) in [6, 6.07) is 9.46. The van der Waals surface area contributed by atoms with E-state index in [2.05, 4.69) is 10.3 Å². The average Bonchev–Trinajstić information content (AvgIpc) is 2.39. The van der Waals surface area contributed by atoms with Crippen LogP contribution < -0.4 is 11.1 Å². The van der Waals surface area contributed by atoms with Crippen molar-refractivity contribution in [2.45, 2.75) is 19.8 Å². The molecule has 0 fully saturated rings. The van der Waals surface area contributed by atoms with Gasteiger partial charge in [0.1, 0.15) is 0 Å². The Morgan fingerprint density at radius 1 is 1.37 bits per heavy atom. The van der Waals surface area contributed by atoms with Gasteiger partial charge in [-0.3, -0.25) is 9.78 Å². The number of amides is 1. The third-order valence-corrected chi connectivity index (χ3v) is 2.90. The molecule has 1 aromatic carbocycles. The van der Waals surface area contributed by atoms with Crippen LogP contribution in [0, 0.1) is 6.92 Å². The van der Waals surface area contributed by atoms with Crippen molar-refractivity contribution < 1.29 is 4.79 Å². The van der Waals surface area contributed by atoms with E-state index in [4.69, 9.17) is 5.73 Å². The lowest BCUT2D eigenvalue weighted by atomic mass is 10.1. The highest BCUT2D eigenvalue weighted by molar-refractivity contribution is 5.91. The third kappa shape index (κ3) is 3.81. The molecular weight excluding hydrogens is 238 g/mol. The van der Waals surface area contributed by atoms with E-state index in [0.717, 1.165) is 22.5 Å². The first-order valence-electron chi connectivity index (χ1n) is 6.20. The van der Waals surface area contributed by atoms with Crippen molar-refractivity contribution in [1.29, 1.82) is 0 Å². The molecule has 4 nitrogen and oxygen atoms in total. The number of rotatable bonds is 4. The smallest absolute Gasteiger partial charge is 0.224 e. The second-order valence-electron chi connectivity index (χ2n) is 4.48. The van der Waals surface area contributed by atoms with Crippen molar-refractivity contribution in [2.24, 2.45) is 0 Å². The number of nitrogens with zero attached hydrogens (tertiary/aromatic N) is 1. The third-order valence-electron chi connectivity index (χ3n) is 2.90. The Morgan fingerprint density at radius 2 is 2.21 bits per heavy atom. The number of hydrogen-bond donors (Lipinski definition) is 2. The SMILES string of the molecule is Cc1ccncc1NC(=O)CCc1cccc(N)c1. The molecule has 98 valence electrons. The van der Waals surface area contributed by atoms with E-state index >= 15 is 0 Å². The summed E-state index contributed by atoms with van der Waals surface area (Å²) in [5.74, 6) is -0.0153. The Labute approximate surface area is 112 Å². The first kappa shape index (κ1) is 13.1. The Morgan fingerprint density at radius 3 is 2.95 bits per heavy atom. The minimum Gasteiger partial charge on any atom is -0.399 e. The lowest BCUT2D eigenvalue weighted by Gasteiger charge is -2.07. The zero-order valence-corrected chi connectivity index (χ0v) is 10.9. The van der Waals surface area contributed by atoms with Gasteiger partial charge in [-0.2, -0.15) is 0 Å². The molecule has 0 unspecified atom stereocenters. The van der Waals surface area contributed by atoms with Crippen molar-refractivity contribution in [3.63, 3.8) is 0 Å². The molecule has 0 aliphatic heterocycles. The fourth-order valence-corrected chi connectivity index (χ4v) is 1.81. The second kappa shape index (κ2) is 6.00. The molecule has 19 heavy (non-hydrogen) atoms. The zero-order valence-electron chi connectivity index (χ0n) is 10.9. The van der Waals surface area contributed by atoms with E-state index in [0.29, 0.717) is 12.8 Å². The first-order valence-corrected chi connectivity index (χ1v) is 6.20. The number of anilines is 2. The Bertz CT molecular complexity index is 581. The van der Waals surface area contributed by atoms with E-state index < -0.39 is 0 Å². The standard InChI is InChI=1S/C15H17N3O/c1-11-7-8-17-10-14(11)18-15(19)6-5-12-3-2-4-13(16)9-12/h2-4,7-10H,5-6,16H2,1H3,(H,18,19). The molecule has 0 radical (unpaired) electrons. The summed E-state index contributed by atoms with van der Waals surface area (Å²) in [4.78, 5) is 15.8. The number of aryl methyl sites for hydroxylation is 2. The highest BCUT2D eigenvalue weighted by Gasteiger charge is 2.05. The number of aromatic nitrogens is 1. The molecule has 1 amide bonds. The van der Waals surface area contributed by atoms with E-state index in [-0.39, 0.29) is 5.91 Å². The van der Waals surface area contributed by atoms with Crippen molar-refractivity contribution in [2.75, 3.05) is 11.1 Å². The summed E-state index contributed by atoms with van der Waals surface area (Å²) in [5, 5.41) is 2.86. The largest absolute Gasteiger partial charge is 0.399 e. The van der Waals surface area contributed by atoms with Gasteiger partial charge >= 0.3 is 0 Å². The first-order chi connectivity index (χ1) is 9.15. The number of hydrogen-bond acceptors (Lipinski definition) is 3. The molecule has 0 bridgehead atoms. The van der Waals surface area contributed by atoms with Gasteiger partial charge in [0.2, 0.25) is 5.91 Å². The summed E-state index contributed by atoms with van der Waals surface area (Å²) >= 11 is 0. The normalized spacial score (nSPS) is 10.2. The van der Waals surface area contributed by atoms with Crippen molar-refractivity contribution >= 4 is 17.3 Å². The van der Waals surface area contributed by atoms with Gasteiger partial charge in [0.15, 0.2) is 0 Å². The maximum absolute atomic E-state index is 11.9. The van der Waals surface area contributed by atoms with Crippen molar-refractivity contribution in [1.82, 2.24) is 4.98 Å². The molecule has 0 atom stereocenters. The zero-order chi connectivity index (χ0) is 13.7. The van der Waals surface area contributed by atoms with Crippen LogP contribution in [-0.4, -0.2) is 10.9 Å². The lowest BCUT2D eigenvalue weighted by Crippen LogP contribution is -2.13. The number of nitrogens with one attached hydrogen (secondary N) is 1. The molecule has 1 aromatic heterocycles. The summed E-state index contributed by atoms with van der Waals surface area (Å²) in [6.45, 7) is 1.94. The van der Waals surface area contributed by atoms with Crippen LogP contribution in [0.15, 0.2) is 42.7 Å². The molecule has 3 N–H and O–H groups in total. The highest BCUT2D eigenvalue weighted by Crippen LogP contribution is 2.13. The van der Waals surface area contributed by atoms with Gasteiger partial charge in [0, 0.05) is 18.3 Å². The maximum Gasteiger partial charge on any atom is 0.224 e. The van der Waals surface area contributed by atoms with Crippen LogP contribution in [0.4, 0.5) is 11.4 Å². The molecule has 4 heteroatoms. The van der Waals surface area contributed by atoms with Gasteiger partial charge in [-0.15, -0.1) is 0 Å². The highest BCUT2D eigenvalue weighted by atomic mass is 16.1. The molecule has 2 aromatic rings. The van der Waals surface area contributed by atoms with Crippen LogP contribution in [0.1, 0.15) is 17.5 Å². The molecule has 0 saturated carbocycles. The number of carbonyl (C=O) groups is 1. The molecule has 0 aliphatic carbocycles. The number of benzene rings is 1. The van der Waals surface area contributed by atoms with Crippen molar-refractivity contribution in [3.05, 3.63) is 53.9 Å². The number of carbonyl (C=O) groups excluding carboxylic acids is 1. The molecule has 0 spiro atoms. The van der Waals surface area contributed by atoms with Gasteiger partial charge in [0.25, 0.3) is 0 Å².